The summed E-state index contributed by atoms with van der Waals surface area (Å²) in [6.07, 6.45) is 5.24. The van der Waals surface area contributed by atoms with Gasteiger partial charge in [0, 0.05) is 27.2 Å². The number of H-pyrrole nitrogens is 1. The van der Waals surface area contributed by atoms with Crippen molar-refractivity contribution in [3.63, 3.8) is 0 Å². The Bertz CT molecular complexity index is 1440. The first kappa shape index (κ1) is 20.7. The summed E-state index contributed by atoms with van der Waals surface area (Å²) in [5, 5.41) is 10.9. The van der Waals surface area contributed by atoms with Gasteiger partial charge in [-0.2, -0.15) is 5.26 Å². The highest BCUT2D eigenvalue weighted by Crippen LogP contribution is 2.29. The molecule has 4 rings (SSSR count). The molecule has 31 heavy (non-hydrogen) atoms. The molecule has 3 aromatic carbocycles. The Morgan fingerprint density at radius 3 is 2.29 bits per heavy atom. The van der Waals surface area contributed by atoms with Crippen LogP contribution in [0.3, 0.4) is 0 Å². The van der Waals surface area contributed by atoms with Crippen molar-refractivity contribution in [2.24, 2.45) is 0 Å². The van der Waals surface area contributed by atoms with E-state index in [9.17, 15) is 13.7 Å². The van der Waals surface area contributed by atoms with Crippen LogP contribution in [0.2, 0.25) is 5.02 Å². The number of allylic oxidation sites excluding steroid dienone is 1. The van der Waals surface area contributed by atoms with Crippen LogP contribution in [0.5, 0.6) is 0 Å². The SMILES string of the molecule is N#CC(=Cc1c(C=Cc2ccccc2)[nH]c2ccccc12)S(=O)(=O)c1ccc(Cl)cc1. The number of fused-ring (bicyclic) bond motifs is 1. The number of benzene rings is 3. The highest BCUT2D eigenvalue weighted by Gasteiger charge is 2.22. The van der Waals surface area contributed by atoms with Crippen LogP contribution in [0.25, 0.3) is 29.1 Å². The summed E-state index contributed by atoms with van der Waals surface area (Å²) in [6, 6.07) is 25.0. The van der Waals surface area contributed by atoms with E-state index in [-0.39, 0.29) is 9.80 Å². The Balaban J connectivity index is 1.86. The maximum atomic E-state index is 13.1. The van der Waals surface area contributed by atoms with E-state index in [1.165, 1.54) is 30.3 Å². The number of nitrogens with one attached hydrogen (secondary N) is 1. The molecule has 6 heteroatoms. The Morgan fingerprint density at radius 2 is 1.58 bits per heavy atom. The second-order valence-corrected chi connectivity index (χ2v) is 9.17. The average molecular weight is 445 g/mol. The monoisotopic (exact) mass is 444 g/mol. The Morgan fingerprint density at radius 1 is 0.903 bits per heavy atom. The van der Waals surface area contributed by atoms with Gasteiger partial charge in [-0.3, -0.25) is 0 Å². The summed E-state index contributed by atoms with van der Waals surface area (Å²) < 4.78 is 26.1. The molecular formula is C25H17ClN2O2S. The van der Waals surface area contributed by atoms with E-state index in [2.05, 4.69) is 4.98 Å². The van der Waals surface area contributed by atoms with Crippen molar-refractivity contribution < 1.29 is 8.42 Å². The highest BCUT2D eigenvalue weighted by atomic mass is 35.5. The molecular weight excluding hydrogens is 428 g/mol. The van der Waals surface area contributed by atoms with Gasteiger partial charge in [-0.05, 0) is 48.0 Å². The zero-order chi connectivity index (χ0) is 21.8. The van der Waals surface area contributed by atoms with Crippen LogP contribution in [-0.4, -0.2) is 13.4 Å². The maximum Gasteiger partial charge on any atom is 0.216 e. The Labute approximate surface area is 185 Å². The third kappa shape index (κ3) is 4.31. The lowest BCUT2D eigenvalue weighted by Crippen LogP contribution is -2.03. The first-order valence-corrected chi connectivity index (χ1v) is 11.3. The van der Waals surface area contributed by atoms with Gasteiger partial charge in [-0.1, -0.05) is 66.2 Å². The standard InChI is InChI=1S/C25H17ClN2O2S/c26-19-11-13-20(14-12-19)31(29,30)21(17-27)16-23-22-8-4-5-9-24(22)28-25(23)15-10-18-6-2-1-3-7-18/h1-16,28H. The molecule has 0 aliphatic rings. The van der Waals surface area contributed by atoms with Gasteiger partial charge in [-0.25, -0.2) is 8.42 Å². The van der Waals surface area contributed by atoms with E-state index in [1.54, 1.807) is 0 Å². The number of nitriles is 1. The predicted molar refractivity (Wildman–Crippen MR) is 126 cm³/mol. The van der Waals surface area contributed by atoms with Gasteiger partial charge >= 0.3 is 0 Å². The summed E-state index contributed by atoms with van der Waals surface area (Å²) in [7, 11) is -3.99. The average Bonchev–Trinajstić information content (AvgIpc) is 3.14. The number of hydrogen-bond donors (Lipinski definition) is 1. The molecule has 0 amide bonds. The fraction of sp³-hybridized carbons (Fsp3) is 0. The molecule has 0 aliphatic heterocycles. The zero-order valence-electron chi connectivity index (χ0n) is 16.3. The first-order chi connectivity index (χ1) is 15.0. The van der Waals surface area contributed by atoms with Crippen LogP contribution in [0, 0.1) is 11.3 Å². The molecule has 0 radical (unpaired) electrons. The Hall–Kier alpha value is -3.59. The largest absolute Gasteiger partial charge is 0.355 e. The summed E-state index contributed by atoms with van der Waals surface area (Å²) in [4.78, 5) is 2.99. The van der Waals surface area contributed by atoms with Gasteiger partial charge in [0.15, 0.2) is 0 Å². The summed E-state index contributed by atoms with van der Waals surface area (Å²) >= 11 is 5.88. The van der Waals surface area contributed by atoms with Gasteiger partial charge < -0.3 is 4.98 Å². The molecule has 0 saturated heterocycles. The number of rotatable bonds is 5. The second-order valence-electron chi connectivity index (χ2n) is 6.82. The van der Waals surface area contributed by atoms with Crippen molar-refractivity contribution in [1.82, 2.24) is 4.98 Å². The van der Waals surface area contributed by atoms with E-state index in [0.29, 0.717) is 16.3 Å². The summed E-state index contributed by atoms with van der Waals surface area (Å²) in [5.74, 6) is 0. The molecule has 0 fully saturated rings. The number of sulfone groups is 1. The van der Waals surface area contributed by atoms with Crippen LogP contribution in [0.1, 0.15) is 16.8 Å². The highest BCUT2D eigenvalue weighted by molar-refractivity contribution is 7.95. The van der Waals surface area contributed by atoms with Crippen molar-refractivity contribution in [2.45, 2.75) is 4.90 Å². The first-order valence-electron chi connectivity index (χ1n) is 9.45. The third-order valence-electron chi connectivity index (χ3n) is 4.82. The predicted octanol–water partition coefficient (Wildman–Crippen LogP) is 6.33. The van der Waals surface area contributed by atoms with Crippen LogP contribution >= 0.6 is 11.6 Å². The lowest BCUT2D eigenvalue weighted by molar-refractivity contribution is 0.603. The van der Waals surface area contributed by atoms with Crippen LogP contribution < -0.4 is 0 Å². The quantitative estimate of drug-likeness (QED) is 0.365. The van der Waals surface area contributed by atoms with Gasteiger partial charge in [0.05, 0.1) is 4.90 Å². The molecule has 0 bridgehead atoms. The number of aromatic amines is 1. The topological polar surface area (TPSA) is 73.7 Å². The Kier molecular flexibility index (Phi) is 5.77. The molecule has 0 saturated carbocycles. The van der Waals surface area contributed by atoms with Gasteiger partial charge in [0.2, 0.25) is 9.84 Å². The molecule has 4 nitrogen and oxygen atoms in total. The van der Waals surface area contributed by atoms with Crippen LogP contribution in [0.15, 0.2) is 88.7 Å². The van der Waals surface area contributed by atoms with Gasteiger partial charge in [0.25, 0.3) is 0 Å². The van der Waals surface area contributed by atoms with Gasteiger partial charge in [-0.15, -0.1) is 0 Å². The fourth-order valence-corrected chi connectivity index (χ4v) is 4.52. The smallest absolute Gasteiger partial charge is 0.216 e. The lowest BCUT2D eigenvalue weighted by atomic mass is 10.1. The molecule has 0 unspecified atom stereocenters. The minimum atomic E-state index is -3.99. The zero-order valence-corrected chi connectivity index (χ0v) is 17.9. The molecule has 0 atom stereocenters. The fourth-order valence-electron chi connectivity index (χ4n) is 3.26. The van der Waals surface area contributed by atoms with Crippen molar-refractivity contribution in [3.05, 3.63) is 106 Å². The van der Waals surface area contributed by atoms with Crippen molar-refractivity contribution in [2.75, 3.05) is 0 Å². The van der Waals surface area contributed by atoms with E-state index >= 15 is 0 Å². The van der Waals surface area contributed by atoms with E-state index in [4.69, 9.17) is 11.6 Å². The minimum Gasteiger partial charge on any atom is -0.355 e. The van der Waals surface area contributed by atoms with Gasteiger partial charge in [0.1, 0.15) is 11.0 Å². The lowest BCUT2D eigenvalue weighted by Gasteiger charge is -2.04. The van der Waals surface area contributed by atoms with Crippen molar-refractivity contribution in [3.8, 4) is 6.07 Å². The second kappa shape index (κ2) is 8.65. The molecule has 0 spiro atoms. The molecule has 1 aromatic heterocycles. The van der Waals surface area contributed by atoms with Crippen LogP contribution in [0.4, 0.5) is 0 Å². The normalized spacial score (nSPS) is 12.3. The summed E-state index contributed by atoms with van der Waals surface area (Å²) in [6.45, 7) is 0. The molecule has 1 heterocycles. The number of hydrogen-bond acceptors (Lipinski definition) is 3. The molecule has 152 valence electrons. The number of aromatic nitrogens is 1. The molecule has 4 aromatic rings. The molecule has 0 aliphatic carbocycles. The van der Waals surface area contributed by atoms with Crippen molar-refractivity contribution in [1.29, 1.82) is 5.26 Å². The minimum absolute atomic E-state index is 0.0194. The maximum absolute atomic E-state index is 13.1. The summed E-state index contributed by atoms with van der Waals surface area (Å²) in [5.41, 5.74) is 3.20. The van der Waals surface area contributed by atoms with E-state index < -0.39 is 9.84 Å². The van der Waals surface area contributed by atoms with E-state index in [1.807, 2.05) is 72.8 Å². The van der Waals surface area contributed by atoms with Crippen molar-refractivity contribution >= 4 is 50.6 Å². The third-order valence-corrected chi connectivity index (χ3v) is 6.75. The number of halogens is 1. The van der Waals surface area contributed by atoms with Crippen LogP contribution in [-0.2, 0) is 9.84 Å². The number of para-hydroxylation sites is 1. The number of nitrogens with zero attached hydrogens (tertiary/aromatic N) is 1. The van der Waals surface area contributed by atoms with E-state index in [0.717, 1.165) is 16.5 Å². The molecule has 1 N–H and O–H groups in total.